The number of fused-ring (bicyclic) bond motifs is 3. The van der Waals surface area contributed by atoms with E-state index in [2.05, 4.69) is 21.6 Å². The third kappa shape index (κ3) is 4.98. The quantitative estimate of drug-likeness (QED) is 0.322. The minimum absolute atomic E-state index is 0.262. The van der Waals surface area contributed by atoms with Crippen LogP contribution in [0, 0.1) is 6.92 Å². The molecule has 2 aliphatic heterocycles. The van der Waals surface area contributed by atoms with Gasteiger partial charge in [-0.05, 0) is 74.5 Å². The van der Waals surface area contributed by atoms with E-state index < -0.39 is 11.7 Å². The summed E-state index contributed by atoms with van der Waals surface area (Å²) in [7, 11) is 0. The number of anilines is 1. The third-order valence-corrected chi connectivity index (χ3v) is 8.22. The van der Waals surface area contributed by atoms with Crippen molar-refractivity contribution in [2.75, 3.05) is 37.7 Å². The fourth-order valence-corrected chi connectivity index (χ4v) is 6.15. The molecule has 0 saturated carbocycles. The number of nitrogens with zero attached hydrogens (tertiary/aromatic N) is 4. The lowest BCUT2D eigenvalue weighted by Gasteiger charge is -2.35. The van der Waals surface area contributed by atoms with E-state index in [9.17, 15) is 13.2 Å². The molecule has 0 bridgehead atoms. The van der Waals surface area contributed by atoms with Crippen LogP contribution in [0.5, 0.6) is 0 Å². The Morgan fingerprint density at radius 2 is 1.69 bits per heavy atom. The molecule has 2 aromatic heterocycles. The van der Waals surface area contributed by atoms with Crippen LogP contribution in [0.3, 0.4) is 0 Å². The SMILES string of the molecule is CCNC1CCN(c2ccc(-c3ccc4ncc5c(C)nc(C6CCOCC6)n5c4c3)cc2C(F)(F)F)CC1. The summed E-state index contributed by atoms with van der Waals surface area (Å²) in [4.78, 5) is 11.4. The number of rotatable bonds is 5. The highest BCUT2D eigenvalue weighted by molar-refractivity contribution is 5.85. The standard InChI is InChI=1S/C30H34F3N5O/c1-3-34-23-8-12-37(13-9-23)26-7-5-21(16-24(26)30(31,32)33)22-4-6-25-27(17-22)38-28(18-35-25)19(2)36-29(38)20-10-14-39-15-11-20/h4-7,16-18,20,23,34H,3,8-15H2,1-2H3. The van der Waals surface area contributed by atoms with E-state index >= 15 is 0 Å². The number of imidazole rings is 1. The number of hydrogen-bond acceptors (Lipinski definition) is 5. The maximum atomic E-state index is 14.3. The van der Waals surface area contributed by atoms with Gasteiger partial charge in [0, 0.05) is 44.0 Å². The van der Waals surface area contributed by atoms with Gasteiger partial charge in [-0.2, -0.15) is 13.2 Å². The smallest absolute Gasteiger partial charge is 0.381 e. The lowest BCUT2D eigenvalue weighted by molar-refractivity contribution is -0.137. The molecule has 2 saturated heterocycles. The normalized spacial score (nSPS) is 17.9. The number of aromatic nitrogens is 3. The number of aryl methyl sites for hydroxylation is 1. The summed E-state index contributed by atoms with van der Waals surface area (Å²) >= 11 is 0. The van der Waals surface area contributed by atoms with Gasteiger partial charge in [0.15, 0.2) is 0 Å². The molecule has 2 aromatic carbocycles. The van der Waals surface area contributed by atoms with Gasteiger partial charge < -0.3 is 15.0 Å². The third-order valence-electron chi connectivity index (χ3n) is 8.22. The summed E-state index contributed by atoms with van der Waals surface area (Å²) < 4.78 is 50.8. The second-order valence-corrected chi connectivity index (χ2v) is 10.7. The van der Waals surface area contributed by atoms with Crippen molar-refractivity contribution in [3.63, 3.8) is 0 Å². The number of nitrogens with one attached hydrogen (secondary N) is 1. The van der Waals surface area contributed by atoms with Gasteiger partial charge in [-0.1, -0.05) is 19.1 Å². The molecule has 39 heavy (non-hydrogen) atoms. The Kier molecular flexibility index (Phi) is 6.97. The van der Waals surface area contributed by atoms with Crippen LogP contribution in [-0.2, 0) is 10.9 Å². The number of piperidine rings is 1. The average molecular weight is 538 g/mol. The zero-order valence-electron chi connectivity index (χ0n) is 22.4. The maximum Gasteiger partial charge on any atom is 0.418 e. The van der Waals surface area contributed by atoms with Crippen molar-refractivity contribution < 1.29 is 17.9 Å². The first-order valence-corrected chi connectivity index (χ1v) is 13.9. The molecule has 9 heteroatoms. The number of benzene rings is 2. The van der Waals surface area contributed by atoms with Crippen molar-refractivity contribution in [1.29, 1.82) is 0 Å². The Bertz CT molecular complexity index is 1480. The van der Waals surface area contributed by atoms with E-state index in [0.717, 1.165) is 65.9 Å². The second-order valence-electron chi connectivity index (χ2n) is 10.7. The molecular weight excluding hydrogens is 503 g/mol. The van der Waals surface area contributed by atoms with Crippen LogP contribution in [0.1, 0.15) is 55.6 Å². The van der Waals surface area contributed by atoms with Gasteiger partial charge in [-0.25, -0.2) is 4.98 Å². The maximum absolute atomic E-state index is 14.3. The van der Waals surface area contributed by atoms with Crippen LogP contribution < -0.4 is 10.2 Å². The minimum atomic E-state index is -4.45. The van der Waals surface area contributed by atoms with E-state index in [-0.39, 0.29) is 11.6 Å². The van der Waals surface area contributed by atoms with Gasteiger partial charge in [-0.3, -0.25) is 9.38 Å². The first kappa shape index (κ1) is 26.1. The van der Waals surface area contributed by atoms with Crippen molar-refractivity contribution in [2.45, 2.75) is 57.7 Å². The van der Waals surface area contributed by atoms with E-state index in [1.165, 1.54) is 6.07 Å². The van der Waals surface area contributed by atoms with Gasteiger partial charge in [0.25, 0.3) is 0 Å². The molecule has 0 amide bonds. The fourth-order valence-electron chi connectivity index (χ4n) is 6.15. The van der Waals surface area contributed by atoms with Gasteiger partial charge in [0.1, 0.15) is 5.82 Å². The molecule has 0 aliphatic carbocycles. The number of ether oxygens (including phenoxy) is 1. The highest BCUT2D eigenvalue weighted by Crippen LogP contribution is 2.40. The van der Waals surface area contributed by atoms with Crippen LogP contribution in [0.2, 0.25) is 0 Å². The molecule has 0 radical (unpaired) electrons. The first-order chi connectivity index (χ1) is 18.8. The van der Waals surface area contributed by atoms with Crippen LogP contribution in [0.25, 0.3) is 27.7 Å². The van der Waals surface area contributed by atoms with Crippen LogP contribution in [0.4, 0.5) is 18.9 Å². The predicted molar refractivity (Wildman–Crippen MR) is 147 cm³/mol. The number of alkyl halides is 3. The van der Waals surface area contributed by atoms with E-state index in [1.54, 1.807) is 6.07 Å². The van der Waals surface area contributed by atoms with Crippen LogP contribution >= 0.6 is 0 Å². The zero-order chi connectivity index (χ0) is 27.1. The highest BCUT2D eigenvalue weighted by Gasteiger charge is 2.36. The minimum Gasteiger partial charge on any atom is -0.381 e. The topological polar surface area (TPSA) is 54.7 Å². The number of hydrogen-bond donors (Lipinski definition) is 1. The van der Waals surface area contributed by atoms with Crippen molar-refractivity contribution >= 4 is 22.2 Å². The van der Waals surface area contributed by atoms with Gasteiger partial charge in [0.2, 0.25) is 0 Å². The molecule has 2 aliphatic rings. The fraction of sp³-hybridized carbons (Fsp3) is 0.467. The largest absolute Gasteiger partial charge is 0.418 e. The van der Waals surface area contributed by atoms with Gasteiger partial charge >= 0.3 is 6.18 Å². The first-order valence-electron chi connectivity index (χ1n) is 13.9. The molecular formula is C30H34F3N5O. The number of halogens is 3. The molecule has 6 nitrogen and oxygen atoms in total. The Morgan fingerprint density at radius 1 is 0.974 bits per heavy atom. The van der Waals surface area contributed by atoms with Crippen molar-refractivity contribution in [3.05, 3.63) is 59.7 Å². The Balaban J connectivity index is 1.41. The molecule has 2 fully saturated rings. The monoisotopic (exact) mass is 537 g/mol. The summed E-state index contributed by atoms with van der Waals surface area (Å²) in [6.07, 6.45) is 0.839. The lowest BCUT2D eigenvalue weighted by Crippen LogP contribution is -2.43. The molecule has 206 valence electrons. The van der Waals surface area contributed by atoms with Crippen LogP contribution in [0.15, 0.2) is 42.6 Å². The second kappa shape index (κ2) is 10.4. The Hall–Kier alpha value is -3.17. The molecule has 0 spiro atoms. The predicted octanol–water partition coefficient (Wildman–Crippen LogP) is 6.35. The Morgan fingerprint density at radius 3 is 2.41 bits per heavy atom. The molecule has 4 aromatic rings. The summed E-state index contributed by atoms with van der Waals surface area (Å²) in [5.41, 5.74) is 4.41. The lowest BCUT2D eigenvalue weighted by atomic mass is 9.98. The summed E-state index contributed by atoms with van der Waals surface area (Å²) in [5.74, 6) is 1.24. The highest BCUT2D eigenvalue weighted by atomic mass is 19.4. The van der Waals surface area contributed by atoms with Crippen molar-refractivity contribution in [2.24, 2.45) is 0 Å². The Labute approximate surface area is 226 Å². The average Bonchev–Trinajstić information content (AvgIpc) is 3.30. The van der Waals surface area contributed by atoms with Crippen LogP contribution in [-0.4, -0.2) is 53.3 Å². The summed E-state index contributed by atoms with van der Waals surface area (Å²) in [5, 5.41) is 3.42. The van der Waals surface area contributed by atoms with E-state index in [1.807, 2.05) is 42.3 Å². The molecule has 4 heterocycles. The van der Waals surface area contributed by atoms with E-state index in [4.69, 9.17) is 9.72 Å². The van der Waals surface area contributed by atoms with E-state index in [0.29, 0.717) is 37.9 Å². The van der Waals surface area contributed by atoms with Crippen molar-refractivity contribution in [1.82, 2.24) is 19.7 Å². The zero-order valence-corrected chi connectivity index (χ0v) is 22.4. The molecule has 0 atom stereocenters. The molecule has 0 unspecified atom stereocenters. The molecule has 1 N–H and O–H groups in total. The summed E-state index contributed by atoms with van der Waals surface area (Å²) in [6.45, 7) is 7.52. The van der Waals surface area contributed by atoms with Gasteiger partial charge in [-0.15, -0.1) is 0 Å². The summed E-state index contributed by atoms with van der Waals surface area (Å²) in [6, 6.07) is 10.8. The van der Waals surface area contributed by atoms with Crippen molar-refractivity contribution in [3.8, 4) is 11.1 Å². The molecule has 6 rings (SSSR count). The van der Waals surface area contributed by atoms with Gasteiger partial charge in [0.05, 0.1) is 34.0 Å².